The standard InChI is InChI=1S/C13H18BrNO3/c1-9(16)15-12(17)18-13(2,3)8-10-5-4-6-11(14)7-10/h4-7,9,16H,8H2,1-3H3,(H,15,17). The number of benzene rings is 1. The molecule has 18 heavy (non-hydrogen) atoms. The van der Waals surface area contributed by atoms with Crippen molar-refractivity contribution in [3.05, 3.63) is 34.3 Å². The minimum atomic E-state index is -0.917. The highest BCUT2D eigenvalue weighted by Gasteiger charge is 2.24. The van der Waals surface area contributed by atoms with Gasteiger partial charge in [0.05, 0.1) is 0 Å². The first-order chi connectivity index (χ1) is 8.28. The van der Waals surface area contributed by atoms with Crippen LogP contribution >= 0.6 is 15.9 Å². The Morgan fingerprint density at radius 3 is 2.78 bits per heavy atom. The highest BCUT2D eigenvalue weighted by atomic mass is 79.9. The molecule has 0 aliphatic carbocycles. The molecule has 0 aliphatic heterocycles. The van der Waals surface area contributed by atoms with Crippen LogP contribution in [-0.4, -0.2) is 23.0 Å². The van der Waals surface area contributed by atoms with Crippen molar-refractivity contribution >= 4 is 22.0 Å². The molecule has 0 heterocycles. The minimum absolute atomic E-state index is 0.597. The lowest BCUT2D eigenvalue weighted by atomic mass is 9.98. The highest BCUT2D eigenvalue weighted by Crippen LogP contribution is 2.20. The zero-order valence-electron chi connectivity index (χ0n) is 10.7. The Hall–Kier alpha value is -1.07. The number of amides is 1. The second kappa shape index (κ2) is 6.20. The van der Waals surface area contributed by atoms with E-state index in [0.717, 1.165) is 10.0 Å². The third-order valence-electron chi connectivity index (χ3n) is 2.21. The Kier molecular flexibility index (Phi) is 5.16. The van der Waals surface area contributed by atoms with Crippen molar-refractivity contribution in [1.29, 1.82) is 0 Å². The first-order valence-corrected chi connectivity index (χ1v) is 6.50. The molecule has 0 radical (unpaired) electrons. The fourth-order valence-corrected chi connectivity index (χ4v) is 2.07. The van der Waals surface area contributed by atoms with Crippen molar-refractivity contribution in [3.63, 3.8) is 0 Å². The van der Waals surface area contributed by atoms with Gasteiger partial charge >= 0.3 is 6.09 Å². The third-order valence-corrected chi connectivity index (χ3v) is 2.71. The summed E-state index contributed by atoms with van der Waals surface area (Å²) in [4.78, 5) is 11.4. The average molecular weight is 316 g/mol. The van der Waals surface area contributed by atoms with Crippen molar-refractivity contribution in [2.45, 2.75) is 39.0 Å². The lowest BCUT2D eigenvalue weighted by Gasteiger charge is -2.25. The van der Waals surface area contributed by atoms with Crippen LogP contribution in [0.4, 0.5) is 4.79 Å². The van der Waals surface area contributed by atoms with E-state index in [1.54, 1.807) is 0 Å². The first-order valence-electron chi connectivity index (χ1n) is 5.70. The summed E-state index contributed by atoms with van der Waals surface area (Å²) in [5, 5.41) is 11.3. The number of aliphatic hydroxyl groups is 1. The third kappa shape index (κ3) is 5.51. The van der Waals surface area contributed by atoms with E-state index in [2.05, 4.69) is 21.2 Å². The van der Waals surface area contributed by atoms with Crippen molar-refractivity contribution in [3.8, 4) is 0 Å². The number of ether oxygens (including phenoxy) is 1. The number of halogens is 1. The molecular formula is C13H18BrNO3. The van der Waals surface area contributed by atoms with Crippen LogP contribution in [0.2, 0.25) is 0 Å². The molecule has 0 aromatic heterocycles. The molecule has 1 rings (SSSR count). The molecule has 5 heteroatoms. The Morgan fingerprint density at radius 1 is 1.56 bits per heavy atom. The quantitative estimate of drug-likeness (QED) is 0.840. The number of rotatable bonds is 4. The number of carbonyl (C=O) groups excluding carboxylic acids is 1. The van der Waals surface area contributed by atoms with E-state index in [9.17, 15) is 4.79 Å². The predicted molar refractivity (Wildman–Crippen MR) is 73.2 cm³/mol. The maximum absolute atomic E-state index is 11.4. The molecule has 2 N–H and O–H groups in total. The monoisotopic (exact) mass is 315 g/mol. The molecule has 0 fully saturated rings. The van der Waals surface area contributed by atoms with Gasteiger partial charge < -0.3 is 9.84 Å². The largest absolute Gasteiger partial charge is 0.443 e. The second-order valence-corrected chi connectivity index (χ2v) is 5.69. The molecule has 1 aromatic rings. The van der Waals surface area contributed by atoms with Crippen LogP contribution in [0.25, 0.3) is 0 Å². The normalized spacial score (nSPS) is 12.9. The summed E-state index contributed by atoms with van der Waals surface area (Å²) in [6, 6.07) is 7.84. The zero-order valence-corrected chi connectivity index (χ0v) is 12.3. The molecule has 4 nitrogen and oxygen atoms in total. The Labute approximate surface area is 115 Å². The Morgan fingerprint density at radius 2 is 2.22 bits per heavy atom. The van der Waals surface area contributed by atoms with Crippen LogP contribution in [0.15, 0.2) is 28.7 Å². The van der Waals surface area contributed by atoms with Crippen LogP contribution < -0.4 is 5.32 Å². The lowest BCUT2D eigenvalue weighted by molar-refractivity contribution is 0.0272. The molecule has 1 aromatic carbocycles. The maximum atomic E-state index is 11.4. The fraction of sp³-hybridized carbons (Fsp3) is 0.462. The van der Waals surface area contributed by atoms with Gasteiger partial charge in [-0.25, -0.2) is 4.79 Å². The van der Waals surface area contributed by atoms with Gasteiger partial charge in [-0.1, -0.05) is 28.1 Å². The Bertz CT molecular complexity index is 418. The summed E-state index contributed by atoms with van der Waals surface area (Å²) in [6.07, 6.45) is -0.941. The summed E-state index contributed by atoms with van der Waals surface area (Å²) in [6.45, 7) is 5.12. The van der Waals surface area contributed by atoms with Crippen LogP contribution in [0.1, 0.15) is 26.3 Å². The second-order valence-electron chi connectivity index (χ2n) is 4.78. The summed E-state index contributed by atoms with van der Waals surface area (Å²) < 4.78 is 6.26. The van der Waals surface area contributed by atoms with Gasteiger partial charge in [-0.3, -0.25) is 5.32 Å². The van der Waals surface area contributed by atoms with Crippen molar-refractivity contribution in [1.82, 2.24) is 5.32 Å². The van der Waals surface area contributed by atoms with Crippen molar-refractivity contribution in [2.24, 2.45) is 0 Å². The van der Waals surface area contributed by atoms with Crippen LogP contribution in [0.3, 0.4) is 0 Å². The van der Waals surface area contributed by atoms with E-state index in [4.69, 9.17) is 9.84 Å². The number of alkyl carbamates (subject to hydrolysis) is 1. The van der Waals surface area contributed by atoms with Gasteiger partial charge in [0.25, 0.3) is 0 Å². The highest BCUT2D eigenvalue weighted by molar-refractivity contribution is 9.10. The number of hydrogen-bond acceptors (Lipinski definition) is 3. The summed E-state index contributed by atoms with van der Waals surface area (Å²) in [5.41, 5.74) is 0.430. The van der Waals surface area contributed by atoms with Crippen molar-refractivity contribution in [2.75, 3.05) is 0 Å². The van der Waals surface area contributed by atoms with E-state index < -0.39 is 17.9 Å². The molecule has 0 bridgehead atoms. The van der Waals surface area contributed by atoms with E-state index >= 15 is 0 Å². The molecular weight excluding hydrogens is 298 g/mol. The molecule has 1 amide bonds. The molecule has 0 saturated carbocycles. The fourth-order valence-electron chi connectivity index (χ4n) is 1.63. The van der Waals surface area contributed by atoms with Crippen LogP contribution in [0.5, 0.6) is 0 Å². The van der Waals surface area contributed by atoms with E-state index in [1.165, 1.54) is 6.92 Å². The molecule has 100 valence electrons. The van der Waals surface area contributed by atoms with Gasteiger partial charge in [-0.05, 0) is 38.5 Å². The molecule has 1 unspecified atom stereocenters. The van der Waals surface area contributed by atoms with Gasteiger partial charge in [0.1, 0.15) is 11.8 Å². The van der Waals surface area contributed by atoms with Crippen molar-refractivity contribution < 1.29 is 14.6 Å². The van der Waals surface area contributed by atoms with Gasteiger partial charge in [-0.2, -0.15) is 0 Å². The number of carbonyl (C=O) groups is 1. The predicted octanol–water partition coefficient (Wildman–Crippen LogP) is 2.83. The topological polar surface area (TPSA) is 58.6 Å². The van der Waals surface area contributed by atoms with E-state index in [-0.39, 0.29) is 0 Å². The van der Waals surface area contributed by atoms with E-state index in [1.807, 2.05) is 38.1 Å². The average Bonchev–Trinajstić information content (AvgIpc) is 2.13. The minimum Gasteiger partial charge on any atom is -0.443 e. The van der Waals surface area contributed by atoms with E-state index in [0.29, 0.717) is 6.42 Å². The lowest BCUT2D eigenvalue weighted by Crippen LogP contribution is -2.39. The molecule has 0 saturated heterocycles. The summed E-state index contributed by atoms with van der Waals surface area (Å²) in [5.74, 6) is 0. The molecule has 0 spiro atoms. The molecule has 0 aliphatic rings. The zero-order chi connectivity index (χ0) is 13.8. The maximum Gasteiger partial charge on any atom is 0.409 e. The van der Waals surface area contributed by atoms with Gasteiger partial charge in [0.15, 0.2) is 0 Å². The van der Waals surface area contributed by atoms with Gasteiger partial charge in [0.2, 0.25) is 0 Å². The van der Waals surface area contributed by atoms with Crippen LogP contribution in [0, 0.1) is 0 Å². The summed E-state index contributed by atoms with van der Waals surface area (Å²) >= 11 is 3.40. The number of aliphatic hydroxyl groups excluding tert-OH is 1. The van der Waals surface area contributed by atoms with Crippen LogP contribution in [-0.2, 0) is 11.2 Å². The Balaban J connectivity index is 2.61. The smallest absolute Gasteiger partial charge is 0.409 e. The number of hydrogen-bond donors (Lipinski definition) is 2. The SMILES string of the molecule is CC(O)NC(=O)OC(C)(C)Cc1cccc(Br)c1. The number of nitrogens with one attached hydrogen (secondary N) is 1. The molecule has 1 atom stereocenters. The first kappa shape index (κ1) is 15.0. The summed E-state index contributed by atoms with van der Waals surface area (Å²) in [7, 11) is 0. The van der Waals surface area contributed by atoms with Gasteiger partial charge in [-0.15, -0.1) is 0 Å². The van der Waals surface area contributed by atoms with Gasteiger partial charge in [0, 0.05) is 10.9 Å².